The Morgan fingerprint density at radius 3 is 2.21 bits per heavy atom. The third-order valence-corrected chi connectivity index (χ3v) is 3.97. The number of primary amides is 1. The first-order chi connectivity index (χ1) is 8.74. The molecule has 4 heteroatoms. The number of carbonyl (C=O) groups is 1. The molecule has 112 valence electrons. The molecule has 0 aromatic carbocycles. The Morgan fingerprint density at radius 1 is 1.26 bits per heavy atom. The Morgan fingerprint density at radius 2 is 1.79 bits per heavy atom. The van der Waals surface area contributed by atoms with E-state index in [-0.39, 0.29) is 5.91 Å². The molecule has 0 bridgehead atoms. The molecular weight excluding hydrogens is 238 g/mol. The minimum atomic E-state index is -0.797. The number of nitrogens with two attached hydrogens (primary N) is 2. The molecule has 0 saturated heterocycles. The quantitative estimate of drug-likeness (QED) is 0.771. The van der Waals surface area contributed by atoms with E-state index >= 15 is 0 Å². The van der Waals surface area contributed by atoms with Crippen LogP contribution in [0.5, 0.6) is 0 Å². The van der Waals surface area contributed by atoms with Crippen LogP contribution in [0.3, 0.4) is 0 Å². The van der Waals surface area contributed by atoms with Crippen LogP contribution in [-0.4, -0.2) is 35.5 Å². The second kappa shape index (κ2) is 6.71. The summed E-state index contributed by atoms with van der Waals surface area (Å²) in [5.74, 6) is 0.911. The summed E-state index contributed by atoms with van der Waals surface area (Å²) in [4.78, 5) is 14.1. The number of carbonyl (C=O) groups excluding carboxylic acids is 1. The third kappa shape index (κ3) is 4.77. The van der Waals surface area contributed by atoms with E-state index in [0.29, 0.717) is 24.3 Å². The minimum absolute atomic E-state index is 0.341. The Hall–Kier alpha value is -0.610. The van der Waals surface area contributed by atoms with Gasteiger partial charge in [0.05, 0.1) is 5.54 Å². The van der Waals surface area contributed by atoms with Gasteiger partial charge in [-0.1, -0.05) is 27.7 Å². The predicted molar refractivity (Wildman–Crippen MR) is 79.6 cm³/mol. The molecule has 4 nitrogen and oxygen atoms in total. The van der Waals surface area contributed by atoms with Crippen LogP contribution in [0, 0.1) is 11.8 Å². The highest BCUT2D eigenvalue weighted by Crippen LogP contribution is 2.30. The lowest BCUT2D eigenvalue weighted by molar-refractivity contribution is -0.125. The highest BCUT2D eigenvalue weighted by atomic mass is 16.1. The van der Waals surface area contributed by atoms with Gasteiger partial charge in [0, 0.05) is 19.1 Å². The van der Waals surface area contributed by atoms with Crippen molar-refractivity contribution in [2.45, 2.75) is 65.0 Å². The number of nitrogens with zero attached hydrogens (tertiary/aromatic N) is 1. The Balaban J connectivity index is 2.75. The van der Waals surface area contributed by atoms with Crippen molar-refractivity contribution in [2.75, 3.05) is 13.1 Å². The van der Waals surface area contributed by atoms with Gasteiger partial charge in [-0.25, -0.2) is 0 Å². The van der Waals surface area contributed by atoms with Crippen molar-refractivity contribution in [3.63, 3.8) is 0 Å². The van der Waals surface area contributed by atoms with E-state index in [0.717, 1.165) is 32.4 Å². The van der Waals surface area contributed by atoms with Gasteiger partial charge in [-0.3, -0.25) is 9.69 Å². The number of rotatable bonds is 6. The summed E-state index contributed by atoms with van der Waals surface area (Å²) in [6.45, 7) is 11.1. The summed E-state index contributed by atoms with van der Waals surface area (Å²) in [6.07, 6.45) is 3.57. The Kier molecular flexibility index (Phi) is 5.81. The van der Waals surface area contributed by atoms with Crippen LogP contribution in [-0.2, 0) is 4.79 Å². The van der Waals surface area contributed by atoms with Crippen LogP contribution in [0.25, 0.3) is 0 Å². The Labute approximate surface area is 117 Å². The van der Waals surface area contributed by atoms with E-state index in [2.05, 4.69) is 32.6 Å². The maximum atomic E-state index is 11.6. The van der Waals surface area contributed by atoms with E-state index in [1.54, 1.807) is 0 Å². The van der Waals surface area contributed by atoms with E-state index < -0.39 is 5.54 Å². The largest absolute Gasteiger partial charge is 0.368 e. The highest BCUT2D eigenvalue weighted by Gasteiger charge is 2.39. The van der Waals surface area contributed by atoms with Crippen LogP contribution in [0.15, 0.2) is 0 Å². The zero-order chi connectivity index (χ0) is 14.6. The Bertz CT molecular complexity index is 294. The van der Waals surface area contributed by atoms with Crippen LogP contribution < -0.4 is 11.5 Å². The lowest BCUT2D eigenvalue weighted by Crippen LogP contribution is -2.58. The maximum Gasteiger partial charge on any atom is 0.237 e. The fourth-order valence-electron chi connectivity index (χ4n) is 3.12. The number of hydrogen-bond donors (Lipinski definition) is 2. The van der Waals surface area contributed by atoms with Gasteiger partial charge in [0.2, 0.25) is 5.91 Å². The number of amides is 1. The lowest BCUT2D eigenvalue weighted by atomic mass is 9.78. The van der Waals surface area contributed by atoms with Crippen LogP contribution in [0.2, 0.25) is 0 Å². The normalized spacial score (nSPS) is 28.3. The van der Waals surface area contributed by atoms with E-state index in [1.165, 1.54) is 0 Å². The second-order valence-electron chi connectivity index (χ2n) is 7.01. The first kappa shape index (κ1) is 16.4. The molecule has 0 spiro atoms. The molecule has 2 unspecified atom stereocenters. The van der Waals surface area contributed by atoms with Crippen molar-refractivity contribution in [1.29, 1.82) is 0 Å². The monoisotopic (exact) mass is 269 g/mol. The highest BCUT2D eigenvalue weighted by molar-refractivity contribution is 5.84. The summed E-state index contributed by atoms with van der Waals surface area (Å²) < 4.78 is 0. The topological polar surface area (TPSA) is 72.3 Å². The molecule has 0 aromatic heterocycles. The fourth-order valence-corrected chi connectivity index (χ4v) is 3.12. The van der Waals surface area contributed by atoms with Gasteiger partial charge in [0.1, 0.15) is 0 Å². The van der Waals surface area contributed by atoms with Gasteiger partial charge in [0.15, 0.2) is 0 Å². The summed E-state index contributed by atoms with van der Waals surface area (Å²) in [5, 5.41) is 0. The van der Waals surface area contributed by atoms with E-state index in [4.69, 9.17) is 11.5 Å². The maximum absolute atomic E-state index is 11.6. The molecular formula is C15H31N3O. The molecule has 0 radical (unpaired) electrons. The molecule has 0 aliphatic heterocycles. The molecule has 0 heterocycles. The molecule has 1 aliphatic rings. The van der Waals surface area contributed by atoms with Crippen LogP contribution in [0.4, 0.5) is 0 Å². The summed E-state index contributed by atoms with van der Waals surface area (Å²) in [5.41, 5.74) is 10.9. The molecule has 4 N–H and O–H groups in total. The van der Waals surface area contributed by atoms with Gasteiger partial charge in [0.25, 0.3) is 0 Å². The van der Waals surface area contributed by atoms with Gasteiger partial charge in [-0.2, -0.15) is 0 Å². The molecule has 0 aromatic rings. The molecule has 1 saturated carbocycles. The van der Waals surface area contributed by atoms with Crippen molar-refractivity contribution in [1.82, 2.24) is 4.90 Å². The SMILES string of the molecule is CC(C)CN(CC(C)C)C1CCCC(N)(C(N)=O)C1. The summed E-state index contributed by atoms with van der Waals surface area (Å²) in [7, 11) is 0. The average Bonchev–Trinajstić information content (AvgIpc) is 2.26. The molecule has 2 atom stereocenters. The molecule has 1 aliphatic carbocycles. The zero-order valence-corrected chi connectivity index (χ0v) is 13.0. The molecule has 19 heavy (non-hydrogen) atoms. The standard InChI is InChI=1S/C15H31N3O/c1-11(2)9-18(10-12(3)4)13-6-5-7-15(17,8-13)14(16)19/h11-13H,5-10,17H2,1-4H3,(H2,16,19). The van der Waals surface area contributed by atoms with Gasteiger partial charge < -0.3 is 11.5 Å². The van der Waals surface area contributed by atoms with Gasteiger partial charge >= 0.3 is 0 Å². The number of hydrogen-bond acceptors (Lipinski definition) is 3. The minimum Gasteiger partial charge on any atom is -0.368 e. The molecule has 1 fully saturated rings. The first-order valence-corrected chi connectivity index (χ1v) is 7.57. The van der Waals surface area contributed by atoms with Crippen LogP contribution >= 0.6 is 0 Å². The predicted octanol–water partition coefficient (Wildman–Crippen LogP) is 1.73. The van der Waals surface area contributed by atoms with Crippen molar-refractivity contribution < 1.29 is 4.79 Å². The van der Waals surface area contributed by atoms with Crippen molar-refractivity contribution >= 4 is 5.91 Å². The molecule has 1 amide bonds. The second-order valence-corrected chi connectivity index (χ2v) is 7.01. The smallest absolute Gasteiger partial charge is 0.237 e. The van der Waals surface area contributed by atoms with Crippen molar-refractivity contribution in [3.05, 3.63) is 0 Å². The molecule has 1 rings (SSSR count). The van der Waals surface area contributed by atoms with Crippen LogP contribution in [0.1, 0.15) is 53.4 Å². The summed E-state index contributed by atoms with van der Waals surface area (Å²) in [6, 6.07) is 0.399. The van der Waals surface area contributed by atoms with Gasteiger partial charge in [-0.05, 0) is 37.5 Å². The first-order valence-electron chi connectivity index (χ1n) is 7.57. The van der Waals surface area contributed by atoms with Crippen molar-refractivity contribution in [3.8, 4) is 0 Å². The van der Waals surface area contributed by atoms with Gasteiger partial charge in [-0.15, -0.1) is 0 Å². The average molecular weight is 269 g/mol. The zero-order valence-electron chi connectivity index (χ0n) is 13.0. The summed E-state index contributed by atoms with van der Waals surface area (Å²) >= 11 is 0. The lowest BCUT2D eigenvalue weighted by Gasteiger charge is -2.42. The fraction of sp³-hybridized carbons (Fsp3) is 0.933. The third-order valence-electron chi connectivity index (χ3n) is 3.97. The van der Waals surface area contributed by atoms with E-state index in [1.807, 2.05) is 0 Å². The van der Waals surface area contributed by atoms with Crippen molar-refractivity contribution in [2.24, 2.45) is 23.3 Å². The van der Waals surface area contributed by atoms with E-state index in [9.17, 15) is 4.79 Å².